The lowest BCUT2D eigenvalue weighted by atomic mass is 9.99. The minimum Gasteiger partial charge on any atom is -0.493 e. The zero-order valence-corrected chi connectivity index (χ0v) is 17.3. The van der Waals surface area contributed by atoms with Gasteiger partial charge in [-0.2, -0.15) is 0 Å². The summed E-state index contributed by atoms with van der Waals surface area (Å²) in [5.74, 6) is 1.41. The summed E-state index contributed by atoms with van der Waals surface area (Å²) in [7, 11) is 3.25. The number of fused-ring (bicyclic) bond motifs is 1. The molecule has 0 aliphatic carbocycles. The van der Waals surface area contributed by atoms with Crippen LogP contribution in [-0.4, -0.2) is 36.7 Å². The molecular formula is C22H23N3O3S. The van der Waals surface area contributed by atoms with Crippen LogP contribution in [0.25, 0.3) is 11.3 Å². The third kappa shape index (κ3) is 4.19. The minimum absolute atomic E-state index is 0.0816. The summed E-state index contributed by atoms with van der Waals surface area (Å²) in [5.41, 5.74) is 4.30. The summed E-state index contributed by atoms with van der Waals surface area (Å²) in [5, 5.41) is 5.91. The second-order valence-electron chi connectivity index (χ2n) is 6.80. The molecule has 0 saturated carbocycles. The fraction of sp³-hybridized carbons (Fsp3) is 0.273. The van der Waals surface area contributed by atoms with E-state index in [1.54, 1.807) is 25.6 Å². The average molecular weight is 410 g/mol. The molecule has 1 aliphatic heterocycles. The Morgan fingerprint density at radius 3 is 2.59 bits per heavy atom. The van der Waals surface area contributed by atoms with Gasteiger partial charge in [0.2, 0.25) is 0 Å². The molecule has 3 aromatic rings. The highest BCUT2D eigenvalue weighted by molar-refractivity contribution is 7.09. The van der Waals surface area contributed by atoms with E-state index in [0.717, 1.165) is 34.0 Å². The molecule has 0 spiro atoms. The number of amides is 2. The second-order valence-corrected chi connectivity index (χ2v) is 7.74. The number of urea groups is 1. The zero-order valence-electron chi connectivity index (χ0n) is 16.5. The lowest BCUT2D eigenvalue weighted by molar-refractivity contribution is 0.191. The van der Waals surface area contributed by atoms with Crippen LogP contribution in [0, 0.1) is 0 Å². The van der Waals surface area contributed by atoms with Gasteiger partial charge >= 0.3 is 6.03 Å². The Morgan fingerprint density at radius 2 is 1.86 bits per heavy atom. The van der Waals surface area contributed by atoms with E-state index < -0.39 is 0 Å². The number of aromatic nitrogens is 1. The van der Waals surface area contributed by atoms with Crippen molar-refractivity contribution in [1.29, 1.82) is 0 Å². The molecule has 2 heterocycles. The summed E-state index contributed by atoms with van der Waals surface area (Å²) >= 11 is 1.56. The second kappa shape index (κ2) is 8.53. The largest absolute Gasteiger partial charge is 0.493 e. The van der Waals surface area contributed by atoms with Gasteiger partial charge in [0.05, 0.1) is 26.5 Å². The molecular weight excluding hydrogens is 386 g/mol. The number of nitrogens with one attached hydrogen (secondary N) is 1. The number of carbonyl (C=O) groups is 1. The molecule has 4 rings (SSSR count). The highest BCUT2D eigenvalue weighted by Crippen LogP contribution is 2.33. The summed E-state index contributed by atoms with van der Waals surface area (Å²) in [6.07, 6.45) is 0.790. The van der Waals surface area contributed by atoms with Crippen LogP contribution in [0.1, 0.15) is 16.1 Å². The SMILES string of the molecule is COc1cc2c(cc1OC)CN(C(=O)NCc1nc(-c3ccccc3)cs1)CC2. The molecule has 6 nitrogen and oxygen atoms in total. The van der Waals surface area contributed by atoms with Crippen molar-refractivity contribution in [2.45, 2.75) is 19.5 Å². The molecule has 0 atom stereocenters. The molecule has 2 aromatic carbocycles. The van der Waals surface area contributed by atoms with E-state index in [9.17, 15) is 4.79 Å². The fourth-order valence-electron chi connectivity index (χ4n) is 3.45. The molecule has 2 amide bonds. The van der Waals surface area contributed by atoms with Gasteiger partial charge in [-0.15, -0.1) is 11.3 Å². The summed E-state index contributed by atoms with van der Waals surface area (Å²) < 4.78 is 10.8. The predicted molar refractivity (Wildman–Crippen MR) is 113 cm³/mol. The zero-order chi connectivity index (χ0) is 20.2. The lowest BCUT2D eigenvalue weighted by Crippen LogP contribution is -2.42. The Labute approximate surface area is 174 Å². The maximum Gasteiger partial charge on any atom is 0.318 e. The maximum absolute atomic E-state index is 12.7. The van der Waals surface area contributed by atoms with E-state index in [4.69, 9.17) is 9.47 Å². The Balaban J connectivity index is 1.38. The van der Waals surface area contributed by atoms with Crippen LogP contribution in [0.5, 0.6) is 11.5 Å². The highest BCUT2D eigenvalue weighted by Gasteiger charge is 2.23. The van der Waals surface area contributed by atoms with Gasteiger partial charge < -0.3 is 19.7 Å². The van der Waals surface area contributed by atoms with E-state index in [2.05, 4.69) is 10.3 Å². The fourth-order valence-corrected chi connectivity index (χ4v) is 4.20. The minimum atomic E-state index is -0.0816. The van der Waals surface area contributed by atoms with Crippen molar-refractivity contribution in [1.82, 2.24) is 15.2 Å². The van der Waals surface area contributed by atoms with E-state index in [1.807, 2.05) is 52.7 Å². The van der Waals surface area contributed by atoms with Gasteiger partial charge in [0, 0.05) is 24.0 Å². The van der Waals surface area contributed by atoms with Crippen molar-refractivity contribution in [3.8, 4) is 22.8 Å². The predicted octanol–water partition coefficient (Wildman–Crippen LogP) is 4.10. The topological polar surface area (TPSA) is 63.7 Å². The third-order valence-electron chi connectivity index (χ3n) is 5.02. The molecule has 150 valence electrons. The molecule has 0 radical (unpaired) electrons. The molecule has 0 saturated heterocycles. The number of thiazole rings is 1. The van der Waals surface area contributed by atoms with Crippen LogP contribution in [-0.2, 0) is 19.5 Å². The summed E-state index contributed by atoms with van der Waals surface area (Å²) in [4.78, 5) is 19.1. The van der Waals surface area contributed by atoms with Crippen LogP contribution >= 0.6 is 11.3 Å². The number of nitrogens with zero attached hydrogens (tertiary/aromatic N) is 2. The molecule has 0 fully saturated rings. The van der Waals surface area contributed by atoms with Crippen molar-refractivity contribution in [2.75, 3.05) is 20.8 Å². The van der Waals surface area contributed by atoms with Gasteiger partial charge in [-0.1, -0.05) is 30.3 Å². The van der Waals surface area contributed by atoms with Crippen molar-refractivity contribution >= 4 is 17.4 Å². The van der Waals surface area contributed by atoms with Gasteiger partial charge in [0.25, 0.3) is 0 Å². The maximum atomic E-state index is 12.7. The molecule has 1 aromatic heterocycles. The number of carbonyl (C=O) groups excluding carboxylic acids is 1. The number of rotatable bonds is 5. The van der Waals surface area contributed by atoms with Gasteiger partial charge in [0.1, 0.15) is 5.01 Å². The molecule has 1 N–H and O–H groups in total. The van der Waals surface area contributed by atoms with Gasteiger partial charge in [-0.05, 0) is 29.7 Å². The van der Waals surface area contributed by atoms with E-state index in [1.165, 1.54) is 5.56 Å². The van der Waals surface area contributed by atoms with Crippen molar-refractivity contribution < 1.29 is 14.3 Å². The van der Waals surface area contributed by atoms with Crippen molar-refractivity contribution in [3.63, 3.8) is 0 Å². The first-order valence-corrected chi connectivity index (χ1v) is 10.3. The van der Waals surface area contributed by atoms with E-state index >= 15 is 0 Å². The lowest BCUT2D eigenvalue weighted by Gasteiger charge is -2.29. The average Bonchev–Trinajstić information content (AvgIpc) is 3.25. The van der Waals surface area contributed by atoms with Crippen LogP contribution in [0.3, 0.4) is 0 Å². The van der Waals surface area contributed by atoms with E-state index in [-0.39, 0.29) is 6.03 Å². The van der Waals surface area contributed by atoms with Crippen LogP contribution < -0.4 is 14.8 Å². The van der Waals surface area contributed by atoms with Crippen LogP contribution in [0.15, 0.2) is 47.8 Å². The van der Waals surface area contributed by atoms with Gasteiger partial charge in [-0.25, -0.2) is 9.78 Å². The Morgan fingerprint density at radius 1 is 1.14 bits per heavy atom. The molecule has 1 aliphatic rings. The molecule has 0 bridgehead atoms. The summed E-state index contributed by atoms with van der Waals surface area (Å²) in [6.45, 7) is 1.64. The third-order valence-corrected chi connectivity index (χ3v) is 5.87. The monoisotopic (exact) mass is 409 g/mol. The first-order valence-electron chi connectivity index (χ1n) is 9.44. The Hall–Kier alpha value is -3.06. The number of hydrogen-bond donors (Lipinski definition) is 1. The smallest absolute Gasteiger partial charge is 0.318 e. The first kappa shape index (κ1) is 19.3. The number of ether oxygens (including phenoxy) is 2. The number of hydrogen-bond acceptors (Lipinski definition) is 5. The standard InChI is InChI=1S/C22H23N3O3S/c1-27-19-10-16-8-9-25(13-17(16)11-20(19)28-2)22(26)23-12-21-24-18(14-29-21)15-6-4-3-5-7-15/h3-7,10-11,14H,8-9,12-13H2,1-2H3,(H,23,26). The van der Waals surface area contributed by atoms with Gasteiger partial charge in [0.15, 0.2) is 11.5 Å². The number of methoxy groups -OCH3 is 2. The summed E-state index contributed by atoms with van der Waals surface area (Å²) in [6, 6.07) is 13.9. The van der Waals surface area contributed by atoms with Crippen molar-refractivity contribution in [3.05, 3.63) is 64.0 Å². The first-order chi connectivity index (χ1) is 14.2. The van der Waals surface area contributed by atoms with Crippen LogP contribution in [0.4, 0.5) is 4.79 Å². The van der Waals surface area contributed by atoms with Gasteiger partial charge in [-0.3, -0.25) is 0 Å². The van der Waals surface area contributed by atoms with E-state index in [0.29, 0.717) is 25.4 Å². The molecule has 7 heteroatoms. The highest BCUT2D eigenvalue weighted by atomic mass is 32.1. The molecule has 29 heavy (non-hydrogen) atoms. The number of benzene rings is 2. The molecule has 0 unspecified atom stereocenters. The normalized spacial score (nSPS) is 13.0. The Kier molecular flexibility index (Phi) is 5.67. The quantitative estimate of drug-likeness (QED) is 0.689. The van der Waals surface area contributed by atoms with Crippen molar-refractivity contribution in [2.24, 2.45) is 0 Å². The van der Waals surface area contributed by atoms with Crippen LogP contribution in [0.2, 0.25) is 0 Å². The Bertz CT molecular complexity index is 1000.